The van der Waals surface area contributed by atoms with Crippen molar-refractivity contribution in [2.24, 2.45) is 11.7 Å². The smallest absolute Gasteiger partial charge is 0.123 e. The Balaban J connectivity index is 2.07. The minimum atomic E-state index is -0.0994. The lowest BCUT2D eigenvalue weighted by atomic mass is 9.78. The maximum Gasteiger partial charge on any atom is 0.123 e. The van der Waals surface area contributed by atoms with E-state index in [0.29, 0.717) is 5.92 Å². The molecule has 2 unspecified atom stereocenters. The quantitative estimate of drug-likeness (QED) is 0.748. The fourth-order valence-electron chi connectivity index (χ4n) is 3.28. The van der Waals surface area contributed by atoms with E-state index in [2.05, 4.69) is 0 Å². The fourth-order valence-corrected chi connectivity index (χ4v) is 3.28. The van der Waals surface area contributed by atoms with Crippen LogP contribution in [0.1, 0.15) is 30.4 Å². The third-order valence-electron chi connectivity index (χ3n) is 4.19. The van der Waals surface area contributed by atoms with Crippen molar-refractivity contribution in [1.29, 1.82) is 0 Å². The summed E-state index contributed by atoms with van der Waals surface area (Å²) in [6.45, 7) is 0.746. The van der Waals surface area contributed by atoms with E-state index in [9.17, 15) is 4.39 Å². The first-order chi connectivity index (χ1) is 7.26. The molecule has 1 saturated carbocycles. The predicted molar refractivity (Wildman–Crippen MR) is 58.2 cm³/mol. The van der Waals surface area contributed by atoms with Gasteiger partial charge in [-0.05, 0) is 61.4 Å². The van der Waals surface area contributed by atoms with Gasteiger partial charge in [0.1, 0.15) is 5.82 Å². The van der Waals surface area contributed by atoms with E-state index in [1.165, 1.54) is 30.4 Å². The fraction of sp³-hybridized carbons (Fsp3) is 0.538. The first-order valence-corrected chi connectivity index (χ1v) is 5.75. The standard InChI is InChI=1S/C13H16FN/c14-11-4-3-9-2-1-5-13(12(9)6-11)7-10(13)8-15/h3-4,6,10H,1-2,5,7-8,15H2. The van der Waals surface area contributed by atoms with Gasteiger partial charge in [0.25, 0.3) is 0 Å². The van der Waals surface area contributed by atoms with Crippen LogP contribution in [-0.2, 0) is 11.8 Å². The highest BCUT2D eigenvalue weighted by atomic mass is 19.1. The van der Waals surface area contributed by atoms with Crippen LogP contribution in [0.25, 0.3) is 0 Å². The van der Waals surface area contributed by atoms with E-state index in [1.807, 2.05) is 6.07 Å². The first-order valence-electron chi connectivity index (χ1n) is 5.75. The van der Waals surface area contributed by atoms with Crippen LogP contribution in [0.3, 0.4) is 0 Å². The first kappa shape index (κ1) is 9.34. The molecule has 2 N–H and O–H groups in total. The van der Waals surface area contributed by atoms with Crippen molar-refractivity contribution < 1.29 is 4.39 Å². The van der Waals surface area contributed by atoms with E-state index >= 15 is 0 Å². The summed E-state index contributed by atoms with van der Waals surface area (Å²) < 4.78 is 13.3. The number of hydrogen-bond donors (Lipinski definition) is 1. The van der Waals surface area contributed by atoms with Crippen LogP contribution < -0.4 is 5.73 Å². The Kier molecular flexibility index (Phi) is 1.90. The summed E-state index contributed by atoms with van der Waals surface area (Å²) >= 11 is 0. The summed E-state index contributed by atoms with van der Waals surface area (Å²) in [6, 6.07) is 5.28. The third-order valence-corrected chi connectivity index (χ3v) is 4.19. The summed E-state index contributed by atoms with van der Waals surface area (Å²) in [4.78, 5) is 0. The average Bonchev–Trinajstić information content (AvgIpc) is 2.94. The Hall–Kier alpha value is -0.890. The molecule has 1 aromatic rings. The largest absolute Gasteiger partial charge is 0.330 e. The summed E-state index contributed by atoms with van der Waals surface area (Å²) in [6.07, 6.45) is 4.70. The van der Waals surface area contributed by atoms with Gasteiger partial charge in [0, 0.05) is 5.41 Å². The van der Waals surface area contributed by atoms with Gasteiger partial charge in [0.15, 0.2) is 0 Å². The number of benzene rings is 1. The zero-order valence-corrected chi connectivity index (χ0v) is 8.80. The van der Waals surface area contributed by atoms with Crippen LogP contribution in [0.15, 0.2) is 18.2 Å². The van der Waals surface area contributed by atoms with Crippen LogP contribution in [-0.4, -0.2) is 6.54 Å². The molecule has 0 saturated heterocycles. The predicted octanol–water partition coefficient (Wildman–Crippen LogP) is 2.38. The molecule has 0 heterocycles. The van der Waals surface area contributed by atoms with E-state index in [0.717, 1.165) is 13.0 Å². The van der Waals surface area contributed by atoms with Gasteiger partial charge in [-0.2, -0.15) is 0 Å². The SMILES string of the molecule is NCC1CC12CCCc1ccc(F)cc12. The lowest BCUT2D eigenvalue weighted by Crippen LogP contribution is -2.21. The van der Waals surface area contributed by atoms with Gasteiger partial charge < -0.3 is 5.73 Å². The maximum atomic E-state index is 13.3. The lowest BCUT2D eigenvalue weighted by Gasteiger charge is -2.26. The highest BCUT2D eigenvalue weighted by Crippen LogP contribution is 2.59. The third kappa shape index (κ3) is 1.24. The molecule has 2 heteroatoms. The molecule has 0 aromatic heterocycles. The van der Waals surface area contributed by atoms with Crippen molar-refractivity contribution in [3.63, 3.8) is 0 Å². The molecule has 15 heavy (non-hydrogen) atoms. The molecule has 3 rings (SSSR count). The second-order valence-electron chi connectivity index (χ2n) is 4.95. The molecule has 2 aliphatic rings. The summed E-state index contributed by atoms with van der Waals surface area (Å²) in [7, 11) is 0. The van der Waals surface area contributed by atoms with Gasteiger partial charge >= 0.3 is 0 Å². The van der Waals surface area contributed by atoms with E-state index in [-0.39, 0.29) is 11.2 Å². The average molecular weight is 205 g/mol. The molecule has 0 radical (unpaired) electrons. The summed E-state index contributed by atoms with van der Waals surface area (Å²) in [5.41, 5.74) is 8.59. The molecule has 1 fully saturated rings. The van der Waals surface area contributed by atoms with Crippen molar-refractivity contribution in [2.75, 3.05) is 6.54 Å². The molecule has 80 valence electrons. The number of nitrogens with two attached hydrogens (primary N) is 1. The molecule has 0 bridgehead atoms. The molecule has 0 aliphatic heterocycles. The molecule has 2 aliphatic carbocycles. The van der Waals surface area contributed by atoms with Gasteiger partial charge in [0.2, 0.25) is 0 Å². The highest BCUT2D eigenvalue weighted by Gasteiger charge is 2.55. The van der Waals surface area contributed by atoms with Crippen LogP contribution in [0.2, 0.25) is 0 Å². The Morgan fingerprint density at radius 3 is 3.07 bits per heavy atom. The van der Waals surface area contributed by atoms with Crippen molar-refractivity contribution in [2.45, 2.75) is 31.1 Å². The van der Waals surface area contributed by atoms with Crippen molar-refractivity contribution in [1.82, 2.24) is 0 Å². The second-order valence-corrected chi connectivity index (χ2v) is 4.95. The van der Waals surface area contributed by atoms with Gasteiger partial charge in [-0.3, -0.25) is 0 Å². The Morgan fingerprint density at radius 2 is 2.33 bits per heavy atom. The summed E-state index contributed by atoms with van der Waals surface area (Å²) in [5, 5.41) is 0. The monoisotopic (exact) mass is 205 g/mol. The van der Waals surface area contributed by atoms with E-state index < -0.39 is 0 Å². The normalized spacial score (nSPS) is 32.8. The van der Waals surface area contributed by atoms with E-state index in [4.69, 9.17) is 5.73 Å². The minimum Gasteiger partial charge on any atom is -0.330 e. The van der Waals surface area contributed by atoms with Gasteiger partial charge in [-0.1, -0.05) is 6.07 Å². The van der Waals surface area contributed by atoms with Crippen LogP contribution in [0.5, 0.6) is 0 Å². The van der Waals surface area contributed by atoms with Gasteiger partial charge in [0.05, 0.1) is 0 Å². The van der Waals surface area contributed by atoms with Crippen LogP contribution in [0, 0.1) is 11.7 Å². The number of halogens is 1. The summed E-state index contributed by atoms with van der Waals surface area (Å²) in [5.74, 6) is 0.496. The Bertz CT molecular complexity index is 402. The zero-order valence-electron chi connectivity index (χ0n) is 8.80. The van der Waals surface area contributed by atoms with Gasteiger partial charge in [-0.25, -0.2) is 4.39 Å². The van der Waals surface area contributed by atoms with Crippen LogP contribution >= 0.6 is 0 Å². The van der Waals surface area contributed by atoms with Crippen molar-refractivity contribution in [3.8, 4) is 0 Å². The molecule has 0 amide bonds. The van der Waals surface area contributed by atoms with Crippen molar-refractivity contribution >= 4 is 0 Å². The Morgan fingerprint density at radius 1 is 1.47 bits per heavy atom. The Labute approximate surface area is 89.5 Å². The number of rotatable bonds is 1. The van der Waals surface area contributed by atoms with E-state index in [1.54, 1.807) is 12.1 Å². The number of aryl methyl sites for hydroxylation is 1. The molecule has 1 nitrogen and oxygen atoms in total. The van der Waals surface area contributed by atoms with Gasteiger partial charge in [-0.15, -0.1) is 0 Å². The van der Waals surface area contributed by atoms with Crippen LogP contribution in [0.4, 0.5) is 4.39 Å². The lowest BCUT2D eigenvalue weighted by molar-refractivity contribution is 0.493. The maximum absolute atomic E-state index is 13.3. The highest BCUT2D eigenvalue weighted by molar-refractivity contribution is 5.42. The topological polar surface area (TPSA) is 26.0 Å². The number of fused-ring (bicyclic) bond motifs is 2. The molecular formula is C13H16FN. The molecular weight excluding hydrogens is 189 g/mol. The molecule has 1 spiro atoms. The molecule has 1 aromatic carbocycles. The zero-order chi connectivity index (χ0) is 10.5. The minimum absolute atomic E-state index is 0.0994. The second kappa shape index (κ2) is 3.05. The number of hydrogen-bond acceptors (Lipinski definition) is 1. The van der Waals surface area contributed by atoms with Crippen molar-refractivity contribution in [3.05, 3.63) is 35.1 Å². The molecule has 2 atom stereocenters.